The SMILES string of the molecule is Cc1ccnc([C@H]2CCCCN2C(C)C)c1. The highest BCUT2D eigenvalue weighted by atomic mass is 15.2. The fourth-order valence-electron chi connectivity index (χ4n) is 2.63. The lowest BCUT2D eigenvalue weighted by Gasteiger charge is -2.38. The van der Waals surface area contributed by atoms with Gasteiger partial charge in [-0.3, -0.25) is 9.88 Å². The number of piperidine rings is 1. The molecule has 1 aromatic rings. The van der Waals surface area contributed by atoms with Crippen LogP contribution in [0.25, 0.3) is 0 Å². The van der Waals surface area contributed by atoms with Gasteiger partial charge in [0.1, 0.15) is 0 Å². The Kier molecular flexibility index (Phi) is 3.59. The third-order valence-electron chi connectivity index (χ3n) is 3.49. The van der Waals surface area contributed by atoms with Gasteiger partial charge in [0.05, 0.1) is 11.7 Å². The van der Waals surface area contributed by atoms with Gasteiger partial charge in [0, 0.05) is 12.2 Å². The summed E-state index contributed by atoms with van der Waals surface area (Å²) in [5.74, 6) is 0. The number of hydrogen-bond donors (Lipinski definition) is 0. The van der Waals surface area contributed by atoms with E-state index in [0.717, 1.165) is 0 Å². The first-order chi connectivity index (χ1) is 7.68. The van der Waals surface area contributed by atoms with Gasteiger partial charge in [0.15, 0.2) is 0 Å². The number of aromatic nitrogens is 1. The molecular weight excluding hydrogens is 196 g/mol. The van der Waals surface area contributed by atoms with E-state index in [-0.39, 0.29) is 0 Å². The zero-order valence-corrected chi connectivity index (χ0v) is 10.6. The van der Waals surface area contributed by atoms with E-state index in [1.165, 1.54) is 37.1 Å². The predicted octanol–water partition coefficient (Wildman–Crippen LogP) is 3.33. The van der Waals surface area contributed by atoms with Crippen LogP contribution in [0.1, 0.15) is 50.4 Å². The van der Waals surface area contributed by atoms with Gasteiger partial charge in [-0.2, -0.15) is 0 Å². The Labute approximate surface area is 98.7 Å². The topological polar surface area (TPSA) is 16.1 Å². The lowest BCUT2D eigenvalue weighted by atomic mass is 9.96. The van der Waals surface area contributed by atoms with E-state index in [2.05, 4.69) is 42.8 Å². The van der Waals surface area contributed by atoms with Crippen LogP contribution < -0.4 is 0 Å². The van der Waals surface area contributed by atoms with Gasteiger partial charge in [-0.05, 0) is 57.9 Å². The highest BCUT2D eigenvalue weighted by Crippen LogP contribution is 2.31. The molecule has 0 radical (unpaired) electrons. The minimum absolute atomic E-state index is 0.536. The lowest BCUT2D eigenvalue weighted by Crippen LogP contribution is -2.38. The van der Waals surface area contributed by atoms with E-state index in [9.17, 15) is 0 Å². The van der Waals surface area contributed by atoms with Crippen molar-refractivity contribution in [3.8, 4) is 0 Å². The monoisotopic (exact) mass is 218 g/mol. The minimum atomic E-state index is 0.536. The Hall–Kier alpha value is -0.890. The fraction of sp³-hybridized carbons (Fsp3) is 0.643. The maximum absolute atomic E-state index is 4.55. The number of likely N-dealkylation sites (tertiary alicyclic amines) is 1. The second-order valence-electron chi connectivity index (χ2n) is 5.10. The maximum atomic E-state index is 4.55. The number of rotatable bonds is 2. The van der Waals surface area contributed by atoms with E-state index >= 15 is 0 Å². The van der Waals surface area contributed by atoms with Crippen LogP contribution >= 0.6 is 0 Å². The van der Waals surface area contributed by atoms with E-state index in [0.29, 0.717) is 12.1 Å². The molecule has 1 saturated heterocycles. The Morgan fingerprint density at radius 1 is 1.38 bits per heavy atom. The van der Waals surface area contributed by atoms with Gasteiger partial charge in [-0.1, -0.05) is 6.42 Å². The molecule has 1 atom stereocenters. The van der Waals surface area contributed by atoms with E-state index < -0.39 is 0 Å². The van der Waals surface area contributed by atoms with E-state index in [1.807, 2.05) is 6.20 Å². The molecule has 1 aliphatic rings. The third-order valence-corrected chi connectivity index (χ3v) is 3.49. The van der Waals surface area contributed by atoms with Crippen molar-refractivity contribution in [3.63, 3.8) is 0 Å². The van der Waals surface area contributed by atoms with Crippen molar-refractivity contribution in [2.24, 2.45) is 0 Å². The molecule has 0 aromatic carbocycles. The van der Waals surface area contributed by atoms with Crippen molar-refractivity contribution >= 4 is 0 Å². The van der Waals surface area contributed by atoms with Gasteiger partial charge in [-0.25, -0.2) is 0 Å². The summed E-state index contributed by atoms with van der Waals surface area (Å²) in [6.07, 6.45) is 5.87. The Balaban J connectivity index is 2.23. The minimum Gasteiger partial charge on any atom is -0.292 e. The Morgan fingerprint density at radius 3 is 2.88 bits per heavy atom. The Bertz CT molecular complexity index is 346. The van der Waals surface area contributed by atoms with Crippen LogP contribution in [0.4, 0.5) is 0 Å². The van der Waals surface area contributed by atoms with Gasteiger partial charge >= 0.3 is 0 Å². The van der Waals surface area contributed by atoms with Crippen LogP contribution in [0.5, 0.6) is 0 Å². The Morgan fingerprint density at radius 2 is 2.19 bits per heavy atom. The summed E-state index contributed by atoms with van der Waals surface area (Å²) in [5, 5.41) is 0. The summed E-state index contributed by atoms with van der Waals surface area (Å²) in [5.41, 5.74) is 2.58. The smallest absolute Gasteiger partial charge is 0.0578 e. The van der Waals surface area contributed by atoms with Crippen molar-refractivity contribution < 1.29 is 0 Å². The van der Waals surface area contributed by atoms with Gasteiger partial charge in [-0.15, -0.1) is 0 Å². The van der Waals surface area contributed by atoms with E-state index in [1.54, 1.807) is 0 Å². The average Bonchev–Trinajstić information content (AvgIpc) is 2.29. The highest BCUT2D eigenvalue weighted by molar-refractivity contribution is 5.18. The van der Waals surface area contributed by atoms with Crippen molar-refractivity contribution in [1.82, 2.24) is 9.88 Å². The first kappa shape index (κ1) is 11.6. The molecule has 0 N–H and O–H groups in total. The molecule has 0 unspecified atom stereocenters. The number of aryl methyl sites for hydroxylation is 1. The molecule has 2 heterocycles. The molecule has 1 fully saturated rings. The first-order valence-electron chi connectivity index (χ1n) is 6.37. The summed E-state index contributed by atoms with van der Waals surface area (Å²) in [6.45, 7) is 7.94. The summed E-state index contributed by atoms with van der Waals surface area (Å²) >= 11 is 0. The van der Waals surface area contributed by atoms with Crippen molar-refractivity contribution in [3.05, 3.63) is 29.6 Å². The molecule has 0 saturated carbocycles. The van der Waals surface area contributed by atoms with Crippen LogP contribution in [0.2, 0.25) is 0 Å². The zero-order chi connectivity index (χ0) is 11.5. The molecule has 0 aliphatic carbocycles. The fourth-order valence-corrected chi connectivity index (χ4v) is 2.63. The standard InChI is InChI=1S/C14H22N2/c1-11(2)16-9-5-4-6-14(16)13-10-12(3)7-8-15-13/h7-8,10-11,14H,4-6,9H2,1-3H3/t14-/m1/s1. The summed E-state index contributed by atoms with van der Waals surface area (Å²) in [7, 11) is 0. The van der Waals surface area contributed by atoms with Crippen LogP contribution in [0.15, 0.2) is 18.3 Å². The second-order valence-corrected chi connectivity index (χ2v) is 5.10. The molecular formula is C14H22N2. The number of nitrogens with zero attached hydrogens (tertiary/aromatic N) is 2. The number of hydrogen-bond acceptors (Lipinski definition) is 2. The van der Waals surface area contributed by atoms with E-state index in [4.69, 9.17) is 0 Å². The van der Waals surface area contributed by atoms with Gasteiger partial charge < -0.3 is 0 Å². The first-order valence-corrected chi connectivity index (χ1v) is 6.37. The molecule has 16 heavy (non-hydrogen) atoms. The maximum Gasteiger partial charge on any atom is 0.0578 e. The highest BCUT2D eigenvalue weighted by Gasteiger charge is 2.26. The normalized spacial score (nSPS) is 22.6. The third kappa shape index (κ3) is 2.43. The van der Waals surface area contributed by atoms with Crippen LogP contribution in [0.3, 0.4) is 0 Å². The van der Waals surface area contributed by atoms with Crippen molar-refractivity contribution in [2.75, 3.05) is 6.54 Å². The van der Waals surface area contributed by atoms with Crippen LogP contribution in [-0.4, -0.2) is 22.5 Å². The molecule has 2 nitrogen and oxygen atoms in total. The molecule has 1 aromatic heterocycles. The van der Waals surface area contributed by atoms with Crippen LogP contribution in [0, 0.1) is 6.92 Å². The molecule has 2 rings (SSSR count). The summed E-state index contributed by atoms with van der Waals surface area (Å²) < 4.78 is 0. The average molecular weight is 218 g/mol. The zero-order valence-electron chi connectivity index (χ0n) is 10.6. The largest absolute Gasteiger partial charge is 0.292 e. The molecule has 2 heteroatoms. The van der Waals surface area contributed by atoms with Crippen molar-refractivity contribution in [2.45, 2.75) is 52.1 Å². The summed E-state index contributed by atoms with van der Waals surface area (Å²) in [6, 6.07) is 5.47. The molecule has 0 spiro atoms. The van der Waals surface area contributed by atoms with Gasteiger partial charge in [0.2, 0.25) is 0 Å². The molecule has 1 aliphatic heterocycles. The lowest BCUT2D eigenvalue weighted by molar-refractivity contribution is 0.109. The molecule has 88 valence electrons. The predicted molar refractivity (Wildman–Crippen MR) is 67.4 cm³/mol. The molecule has 0 amide bonds. The second kappa shape index (κ2) is 4.96. The van der Waals surface area contributed by atoms with Crippen molar-refractivity contribution in [1.29, 1.82) is 0 Å². The number of pyridine rings is 1. The van der Waals surface area contributed by atoms with Gasteiger partial charge in [0.25, 0.3) is 0 Å². The summed E-state index contributed by atoms with van der Waals surface area (Å²) in [4.78, 5) is 7.14. The molecule has 0 bridgehead atoms. The van der Waals surface area contributed by atoms with Crippen LogP contribution in [-0.2, 0) is 0 Å². The quantitative estimate of drug-likeness (QED) is 0.757.